The van der Waals surface area contributed by atoms with Crippen LogP contribution in [0.2, 0.25) is 0 Å². The molecule has 0 aliphatic heterocycles. The van der Waals surface area contributed by atoms with Crippen LogP contribution in [-0.4, -0.2) is 83.6 Å². The van der Waals surface area contributed by atoms with Crippen LogP contribution >= 0.6 is 0 Å². The number of hydrogen-bond acceptors (Lipinski definition) is 7. The molecule has 0 fully saturated rings. The Bertz CT molecular complexity index is 35.3. The first-order valence-corrected chi connectivity index (χ1v) is 1.53. The maximum absolute atomic E-state index is 8.64. The smallest absolute Gasteiger partial charge is 0.832 e. The van der Waals surface area contributed by atoms with Crippen LogP contribution in [0, 0.1) is 0 Å². The van der Waals surface area contributed by atoms with Gasteiger partial charge in [-0.1, -0.05) is 0 Å². The van der Waals surface area contributed by atoms with E-state index in [0.717, 1.165) is 0 Å². The van der Waals surface area contributed by atoms with E-state index in [4.69, 9.17) is 30.1 Å². The van der Waals surface area contributed by atoms with Crippen molar-refractivity contribution in [1.29, 1.82) is 0 Å². The van der Waals surface area contributed by atoms with Crippen LogP contribution in [0.25, 0.3) is 0 Å². The summed E-state index contributed by atoms with van der Waals surface area (Å²) in [5.74, 6) is 0. The zero-order valence-electron chi connectivity index (χ0n) is 9.51. The predicted molar refractivity (Wildman–Crippen MR) is 56.5 cm³/mol. The van der Waals surface area contributed by atoms with Crippen molar-refractivity contribution >= 4 is 14.6 Å². The van der Waals surface area contributed by atoms with Gasteiger partial charge in [0.1, 0.15) is 0 Å². The summed E-state index contributed by atoms with van der Waals surface area (Å²) in [5.41, 5.74) is 0. The van der Waals surface area contributed by atoms with Crippen LogP contribution in [0.5, 0.6) is 0 Å². The summed E-state index contributed by atoms with van der Waals surface area (Å²) in [6.07, 6.45) is 0. The summed E-state index contributed by atoms with van der Waals surface area (Å²) >= 11 is 0. The zero-order valence-corrected chi connectivity index (χ0v) is 11.5. The minimum Gasteiger partial charge on any atom is -0.832 e. The molecule has 0 spiro atoms. The molecule has 0 aliphatic rings. The van der Waals surface area contributed by atoms with Crippen LogP contribution < -0.4 is 40.7 Å². The van der Waals surface area contributed by atoms with Crippen molar-refractivity contribution in [3.63, 3.8) is 0 Å². The summed E-state index contributed by atoms with van der Waals surface area (Å²) in [4.78, 5) is 0. The molecule has 0 aromatic rings. The third-order valence-corrected chi connectivity index (χ3v) is 0. The van der Waals surface area contributed by atoms with Crippen LogP contribution in [-0.2, 0) is 0 Å². The normalized spacial score (nSPS) is 3.00. The van der Waals surface area contributed by atoms with Crippen molar-refractivity contribution < 1.29 is 104 Å². The van der Waals surface area contributed by atoms with Gasteiger partial charge < -0.3 is 80.1 Å². The van der Waals surface area contributed by atoms with Crippen molar-refractivity contribution in [1.82, 2.24) is 6.15 Å². The van der Waals surface area contributed by atoms with Gasteiger partial charge in [-0.25, -0.2) is 0 Å². The monoisotopic (exact) mass is 307 g/mol. The molecule has 15 nitrogen and oxygen atoms in total. The van der Waals surface area contributed by atoms with E-state index >= 15 is 0 Å². The fourth-order valence-electron chi connectivity index (χ4n) is 0. The molecular weight excluding hydrogens is 283 g/mol. The topological polar surface area (TPSA) is 411 Å². The molecule has 18 heavy (non-hydrogen) atoms. The first-order chi connectivity index (χ1) is 3.46. The van der Waals surface area contributed by atoms with Crippen molar-refractivity contribution in [3.8, 4) is 0 Å². The minimum absolute atomic E-state index is 0. The Morgan fingerprint density at radius 2 is 0.556 bits per heavy atom. The molecule has 0 rings (SSSR count). The maximum Gasteiger partial charge on any atom is 1.00 e. The average molecular weight is 307 g/mol. The second-order valence-corrected chi connectivity index (χ2v) is 0.673. The van der Waals surface area contributed by atoms with E-state index in [1.807, 2.05) is 0 Å². The van der Waals surface area contributed by atoms with Gasteiger partial charge in [0.05, 0.1) is 0 Å². The fraction of sp³-hybridized carbons (Fsp3) is 0. The molecule has 0 saturated carbocycles. The first kappa shape index (κ1) is 134. The molecule has 0 aliphatic carbocycles. The van der Waals surface area contributed by atoms with E-state index in [-0.39, 0.29) is 79.5 Å². The third kappa shape index (κ3) is 14200. The van der Waals surface area contributed by atoms with Crippen LogP contribution in [0.4, 0.5) is 0 Å². The van der Waals surface area contributed by atoms with Gasteiger partial charge in [-0.05, 0) is 0 Å². The van der Waals surface area contributed by atoms with Gasteiger partial charge in [0.15, 0.2) is 0 Å². The Kier molecular flexibility index (Phi) is 833. The minimum atomic E-state index is -2.42. The van der Waals surface area contributed by atoms with E-state index in [2.05, 4.69) is 0 Å². The standard InChI is InChI=1S/BH3O3.BH2O3.H3N.Na.8H2O/c2*2-1(3)4;;;;;;;;;;/h2-4H;2-3H;1H3;;8*1H2/q;-1;;+1;;;;;;;;. The van der Waals surface area contributed by atoms with Crippen LogP contribution in [0.15, 0.2) is 0 Å². The molecule has 0 aromatic carbocycles. The quantitative estimate of drug-likeness (QED) is 0.234. The second kappa shape index (κ2) is 112. The molecule has 0 aromatic heterocycles. The van der Waals surface area contributed by atoms with Crippen molar-refractivity contribution in [2.45, 2.75) is 0 Å². The van der Waals surface area contributed by atoms with Crippen LogP contribution in [0.3, 0.4) is 0 Å². The SMILES string of the molecule is N.O.O.O.O.O.O.O.O.OB(O)O.[Na+].[O-]B(O)O. The molecule has 0 amide bonds. The van der Waals surface area contributed by atoms with Gasteiger partial charge >= 0.3 is 44.2 Å². The molecule has 120 valence electrons. The molecule has 0 saturated heterocycles. The molecule has 0 heterocycles. The molecule has 0 radical (unpaired) electrons. The van der Waals surface area contributed by atoms with Crippen LogP contribution in [0.1, 0.15) is 0 Å². The summed E-state index contributed by atoms with van der Waals surface area (Å²) in [6.45, 7) is 0. The van der Waals surface area contributed by atoms with E-state index in [1.165, 1.54) is 0 Å². The predicted octanol–water partition coefficient (Wildman–Crippen LogP) is -14.2. The van der Waals surface area contributed by atoms with E-state index < -0.39 is 14.6 Å². The Labute approximate surface area is 124 Å². The third-order valence-electron chi connectivity index (χ3n) is 0. The van der Waals surface area contributed by atoms with Crippen molar-refractivity contribution in [3.05, 3.63) is 0 Å². The van der Waals surface area contributed by atoms with Gasteiger partial charge in [0.2, 0.25) is 0 Å². The zero-order chi connectivity index (χ0) is 7.15. The molecule has 18 heteroatoms. The second-order valence-electron chi connectivity index (χ2n) is 0.673. The average Bonchev–Trinajstić information content (AvgIpc) is 1.25. The molecular formula is H24B2NNaO14. The number of rotatable bonds is 0. The van der Waals surface area contributed by atoms with Gasteiger partial charge in [-0.2, -0.15) is 0 Å². The van der Waals surface area contributed by atoms with Gasteiger partial charge in [-0.15, -0.1) is 0 Å². The van der Waals surface area contributed by atoms with Gasteiger partial charge in [0, 0.05) is 0 Å². The maximum atomic E-state index is 8.64. The molecule has 0 atom stereocenters. The van der Waals surface area contributed by atoms with Crippen molar-refractivity contribution in [2.75, 3.05) is 0 Å². The summed E-state index contributed by atoms with van der Waals surface area (Å²) in [6, 6.07) is 0. The Balaban J connectivity index is -0.00000000257. The Morgan fingerprint density at radius 1 is 0.556 bits per heavy atom. The molecule has 24 N–H and O–H groups in total. The summed E-state index contributed by atoms with van der Waals surface area (Å²) in [7, 11) is -4.58. The molecule has 0 bridgehead atoms. The van der Waals surface area contributed by atoms with E-state index in [9.17, 15) is 0 Å². The van der Waals surface area contributed by atoms with E-state index in [1.54, 1.807) is 0 Å². The summed E-state index contributed by atoms with van der Waals surface area (Å²) < 4.78 is 0. The summed E-state index contributed by atoms with van der Waals surface area (Å²) in [5, 5.41) is 44.2. The first-order valence-electron chi connectivity index (χ1n) is 1.53. The van der Waals surface area contributed by atoms with Gasteiger partial charge in [-0.3, -0.25) is 0 Å². The molecule has 0 unspecified atom stereocenters. The Morgan fingerprint density at radius 3 is 0.556 bits per heavy atom. The van der Waals surface area contributed by atoms with Crippen molar-refractivity contribution in [2.24, 2.45) is 0 Å². The number of hydrogen-bond donors (Lipinski definition) is 6. The largest absolute Gasteiger partial charge is 1.00 e. The van der Waals surface area contributed by atoms with Gasteiger partial charge in [0.25, 0.3) is 0 Å². The Hall–Kier alpha value is 0.530. The fourth-order valence-corrected chi connectivity index (χ4v) is 0. The van der Waals surface area contributed by atoms with E-state index in [0.29, 0.717) is 0 Å².